The van der Waals surface area contributed by atoms with Crippen LogP contribution in [0.1, 0.15) is 27.1 Å². The summed E-state index contributed by atoms with van der Waals surface area (Å²) in [6.45, 7) is 1.54. The Morgan fingerprint density at radius 3 is 2.04 bits per heavy atom. The number of amides is 2. The maximum absolute atomic E-state index is 12.2. The van der Waals surface area contributed by atoms with E-state index >= 15 is 0 Å². The summed E-state index contributed by atoms with van der Waals surface area (Å²) in [4.78, 5) is 26.3. The van der Waals surface area contributed by atoms with Gasteiger partial charge in [-0.1, -0.05) is 11.6 Å². The fraction of sp³-hybridized carbons (Fsp3) is 0.263. The molecule has 132 valence electrons. The minimum Gasteiger partial charge on any atom is -0.352 e. The first-order chi connectivity index (χ1) is 12.0. The first-order valence-electron chi connectivity index (χ1n) is 8.05. The van der Waals surface area contributed by atoms with E-state index in [2.05, 4.69) is 15.5 Å². The van der Waals surface area contributed by atoms with Crippen LogP contribution in [0.4, 0.5) is 5.69 Å². The summed E-state index contributed by atoms with van der Waals surface area (Å²) >= 11 is 5.82. The number of nitrogens with one attached hydrogen (secondary N) is 2. The van der Waals surface area contributed by atoms with Crippen molar-refractivity contribution in [3.8, 4) is 0 Å². The number of hydrogen-bond donors (Lipinski definition) is 2. The largest absolute Gasteiger partial charge is 0.352 e. The van der Waals surface area contributed by atoms with Crippen molar-refractivity contribution in [1.29, 1.82) is 0 Å². The maximum atomic E-state index is 12.2. The molecule has 0 spiro atoms. The van der Waals surface area contributed by atoms with Crippen LogP contribution in [0.25, 0.3) is 0 Å². The molecule has 25 heavy (non-hydrogen) atoms. The molecule has 6 heteroatoms. The zero-order valence-electron chi connectivity index (χ0n) is 14.4. The highest BCUT2D eigenvalue weighted by atomic mass is 35.5. The summed E-state index contributed by atoms with van der Waals surface area (Å²) < 4.78 is 0. The molecule has 0 heterocycles. The number of carbonyl (C=O) groups excluding carboxylic acids is 2. The lowest BCUT2D eigenvalue weighted by atomic mass is 10.1. The minimum absolute atomic E-state index is 0.136. The molecule has 0 fully saturated rings. The van der Waals surface area contributed by atoms with Gasteiger partial charge in [-0.15, -0.1) is 0 Å². The molecule has 0 aromatic heterocycles. The molecule has 2 amide bonds. The molecule has 0 aliphatic rings. The Kier molecular flexibility index (Phi) is 6.98. The van der Waals surface area contributed by atoms with Crippen LogP contribution >= 0.6 is 11.6 Å². The molecule has 0 bridgehead atoms. The van der Waals surface area contributed by atoms with Crippen LogP contribution < -0.4 is 10.6 Å². The smallest absolute Gasteiger partial charge is 0.255 e. The van der Waals surface area contributed by atoms with Gasteiger partial charge in [-0.05, 0) is 75.6 Å². The summed E-state index contributed by atoms with van der Waals surface area (Å²) in [6.07, 6.45) is 0.889. The van der Waals surface area contributed by atoms with Crippen molar-refractivity contribution in [2.45, 2.75) is 6.42 Å². The molecule has 2 aromatic carbocycles. The summed E-state index contributed by atoms with van der Waals surface area (Å²) in [5, 5.41) is 6.26. The third-order valence-corrected chi connectivity index (χ3v) is 3.83. The Bertz CT molecular complexity index is 712. The number of halogens is 1. The number of anilines is 1. The third-order valence-electron chi connectivity index (χ3n) is 3.58. The fourth-order valence-electron chi connectivity index (χ4n) is 2.21. The number of rotatable bonds is 7. The van der Waals surface area contributed by atoms with E-state index in [1.807, 2.05) is 14.1 Å². The van der Waals surface area contributed by atoms with Gasteiger partial charge in [0.2, 0.25) is 0 Å². The van der Waals surface area contributed by atoms with E-state index in [0.29, 0.717) is 28.4 Å². The van der Waals surface area contributed by atoms with Gasteiger partial charge in [-0.3, -0.25) is 9.59 Å². The number of hydrogen-bond acceptors (Lipinski definition) is 3. The van der Waals surface area contributed by atoms with Crippen molar-refractivity contribution in [3.05, 3.63) is 64.7 Å². The van der Waals surface area contributed by atoms with Gasteiger partial charge in [0.05, 0.1) is 0 Å². The molecule has 0 saturated carbocycles. The van der Waals surface area contributed by atoms with E-state index in [1.54, 1.807) is 48.5 Å². The monoisotopic (exact) mass is 359 g/mol. The van der Waals surface area contributed by atoms with Crippen LogP contribution in [0, 0.1) is 0 Å². The van der Waals surface area contributed by atoms with Crippen molar-refractivity contribution in [1.82, 2.24) is 10.2 Å². The topological polar surface area (TPSA) is 61.4 Å². The Morgan fingerprint density at radius 2 is 1.48 bits per heavy atom. The van der Waals surface area contributed by atoms with Gasteiger partial charge in [0.25, 0.3) is 11.8 Å². The van der Waals surface area contributed by atoms with E-state index in [-0.39, 0.29) is 11.8 Å². The van der Waals surface area contributed by atoms with E-state index in [4.69, 9.17) is 11.6 Å². The number of nitrogens with zero attached hydrogens (tertiary/aromatic N) is 1. The minimum atomic E-state index is -0.236. The van der Waals surface area contributed by atoms with E-state index < -0.39 is 0 Å². The molecule has 2 aromatic rings. The second-order valence-corrected chi connectivity index (χ2v) is 6.39. The lowest BCUT2D eigenvalue weighted by Gasteiger charge is -2.10. The van der Waals surface area contributed by atoms with Gasteiger partial charge < -0.3 is 15.5 Å². The van der Waals surface area contributed by atoms with Crippen molar-refractivity contribution in [3.63, 3.8) is 0 Å². The van der Waals surface area contributed by atoms with E-state index in [9.17, 15) is 9.59 Å². The zero-order chi connectivity index (χ0) is 18.2. The van der Waals surface area contributed by atoms with Gasteiger partial charge in [0.15, 0.2) is 0 Å². The summed E-state index contributed by atoms with van der Waals surface area (Å²) in [7, 11) is 3.99. The van der Waals surface area contributed by atoms with Gasteiger partial charge in [0, 0.05) is 28.4 Å². The van der Waals surface area contributed by atoms with E-state index in [1.165, 1.54) is 0 Å². The Hall–Kier alpha value is -2.37. The van der Waals surface area contributed by atoms with Crippen molar-refractivity contribution >= 4 is 29.1 Å². The van der Waals surface area contributed by atoms with Gasteiger partial charge in [-0.2, -0.15) is 0 Å². The zero-order valence-corrected chi connectivity index (χ0v) is 15.1. The first-order valence-corrected chi connectivity index (χ1v) is 8.43. The normalized spacial score (nSPS) is 10.6. The summed E-state index contributed by atoms with van der Waals surface area (Å²) in [6, 6.07) is 13.5. The molecule has 0 aliphatic carbocycles. The molecule has 0 radical (unpaired) electrons. The fourth-order valence-corrected chi connectivity index (χ4v) is 2.33. The third kappa shape index (κ3) is 6.21. The molecule has 0 unspecified atom stereocenters. The quantitative estimate of drug-likeness (QED) is 0.746. The van der Waals surface area contributed by atoms with Crippen LogP contribution in [-0.2, 0) is 0 Å². The SMILES string of the molecule is CN(C)CCCNC(=O)c1ccc(C(=O)Nc2ccc(Cl)cc2)cc1. The lowest BCUT2D eigenvalue weighted by Crippen LogP contribution is -2.27. The molecule has 2 rings (SSSR count). The standard InChI is InChI=1S/C19H22ClN3O2/c1-23(2)13-3-12-21-18(24)14-4-6-15(7-5-14)19(25)22-17-10-8-16(20)9-11-17/h4-11H,3,12-13H2,1-2H3,(H,21,24)(H,22,25). The molecule has 0 aliphatic heterocycles. The lowest BCUT2D eigenvalue weighted by molar-refractivity contribution is 0.0950. The second kappa shape index (κ2) is 9.20. The number of carbonyl (C=O) groups is 2. The van der Waals surface area contributed by atoms with Crippen LogP contribution in [-0.4, -0.2) is 43.9 Å². The Balaban J connectivity index is 1.89. The maximum Gasteiger partial charge on any atom is 0.255 e. The van der Waals surface area contributed by atoms with Gasteiger partial charge >= 0.3 is 0 Å². The van der Waals surface area contributed by atoms with Crippen molar-refractivity contribution in [2.24, 2.45) is 0 Å². The van der Waals surface area contributed by atoms with Crippen LogP contribution in [0.3, 0.4) is 0 Å². The van der Waals surface area contributed by atoms with Crippen LogP contribution in [0.15, 0.2) is 48.5 Å². The Labute approximate surface area is 153 Å². The highest BCUT2D eigenvalue weighted by Gasteiger charge is 2.09. The predicted molar refractivity (Wildman–Crippen MR) is 101 cm³/mol. The first kappa shape index (κ1) is 19.0. The summed E-state index contributed by atoms with van der Waals surface area (Å²) in [5.41, 5.74) is 1.68. The van der Waals surface area contributed by atoms with E-state index in [0.717, 1.165) is 13.0 Å². The molecule has 5 nitrogen and oxygen atoms in total. The molecule has 0 saturated heterocycles. The molecule has 0 atom stereocenters. The van der Waals surface area contributed by atoms with Crippen LogP contribution in [0.5, 0.6) is 0 Å². The molecular weight excluding hydrogens is 338 g/mol. The molecule has 2 N–H and O–H groups in total. The predicted octanol–water partition coefficient (Wildman–Crippen LogP) is 3.27. The number of benzene rings is 2. The molecular formula is C19H22ClN3O2. The van der Waals surface area contributed by atoms with Crippen molar-refractivity contribution < 1.29 is 9.59 Å². The highest BCUT2D eigenvalue weighted by molar-refractivity contribution is 6.30. The highest BCUT2D eigenvalue weighted by Crippen LogP contribution is 2.14. The van der Waals surface area contributed by atoms with Crippen molar-refractivity contribution in [2.75, 3.05) is 32.5 Å². The van der Waals surface area contributed by atoms with Gasteiger partial charge in [0.1, 0.15) is 0 Å². The van der Waals surface area contributed by atoms with Gasteiger partial charge in [-0.25, -0.2) is 0 Å². The average molecular weight is 360 g/mol. The second-order valence-electron chi connectivity index (χ2n) is 5.95. The Morgan fingerprint density at radius 1 is 0.920 bits per heavy atom. The summed E-state index contributed by atoms with van der Waals surface area (Å²) in [5.74, 6) is -0.372. The average Bonchev–Trinajstić information content (AvgIpc) is 2.60. The van der Waals surface area contributed by atoms with Crippen LogP contribution in [0.2, 0.25) is 5.02 Å².